The van der Waals surface area contributed by atoms with Crippen molar-refractivity contribution in [3.05, 3.63) is 22.6 Å². The molecular weight excluding hydrogens is 206 g/mol. The van der Waals surface area contributed by atoms with Gasteiger partial charge in [0, 0.05) is 5.92 Å². The van der Waals surface area contributed by atoms with Crippen molar-refractivity contribution in [2.24, 2.45) is 11.7 Å². The predicted molar refractivity (Wildman–Crippen MR) is 46.3 cm³/mol. The summed E-state index contributed by atoms with van der Waals surface area (Å²) in [5.74, 6) is 2.33. The molecule has 1 aromatic heterocycles. The smallest absolute Gasteiger partial charge is 0.108 e. The molecule has 2 N–H and O–H groups in total. The predicted octanol–water partition coefficient (Wildman–Crippen LogP) is 2.10. The van der Waals surface area contributed by atoms with Crippen molar-refractivity contribution < 1.29 is 4.42 Å². The Morgan fingerprint density at radius 1 is 1.73 bits per heavy atom. The summed E-state index contributed by atoms with van der Waals surface area (Å²) in [5.41, 5.74) is 5.51. The minimum absolute atomic E-state index is 0.589. The molecule has 1 fully saturated rings. The summed E-state index contributed by atoms with van der Waals surface area (Å²) in [6.45, 7) is 0.781. The molecule has 2 nitrogen and oxygen atoms in total. The summed E-state index contributed by atoms with van der Waals surface area (Å²) in [6, 6.07) is 2.03. The molecule has 0 amide bonds. The molecule has 11 heavy (non-hydrogen) atoms. The average molecular weight is 216 g/mol. The normalized spacial score (nSPS) is 28.9. The third-order valence-electron chi connectivity index (χ3n) is 2.18. The van der Waals surface area contributed by atoms with Crippen LogP contribution in [0.1, 0.15) is 18.1 Å². The minimum Gasteiger partial charge on any atom is -0.468 e. The van der Waals surface area contributed by atoms with E-state index in [1.54, 1.807) is 6.26 Å². The van der Waals surface area contributed by atoms with Crippen LogP contribution in [-0.4, -0.2) is 6.54 Å². The van der Waals surface area contributed by atoms with Gasteiger partial charge in [0.25, 0.3) is 0 Å². The lowest BCUT2D eigenvalue weighted by Gasteiger charge is -1.89. The molecule has 3 heteroatoms. The maximum absolute atomic E-state index is 5.51. The second-order valence-corrected chi connectivity index (χ2v) is 3.92. The van der Waals surface area contributed by atoms with Crippen molar-refractivity contribution in [1.82, 2.24) is 0 Å². The largest absolute Gasteiger partial charge is 0.468 e. The molecule has 1 aliphatic carbocycles. The Bertz CT molecular complexity index is 258. The van der Waals surface area contributed by atoms with Crippen LogP contribution in [0.2, 0.25) is 0 Å². The van der Waals surface area contributed by atoms with Gasteiger partial charge in [0.2, 0.25) is 0 Å². The first-order chi connectivity index (χ1) is 5.31. The van der Waals surface area contributed by atoms with Crippen LogP contribution in [-0.2, 0) is 0 Å². The van der Waals surface area contributed by atoms with Crippen molar-refractivity contribution in [3.63, 3.8) is 0 Å². The lowest BCUT2D eigenvalue weighted by molar-refractivity contribution is 0.503. The molecule has 0 bridgehead atoms. The van der Waals surface area contributed by atoms with E-state index < -0.39 is 0 Å². The number of nitrogens with two attached hydrogens (primary N) is 1. The first-order valence-electron chi connectivity index (χ1n) is 3.75. The zero-order valence-corrected chi connectivity index (χ0v) is 7.67. The van der Waals surface area contributed by atoms with Crippen molar-refractivity contribution in [2.45, 2.75) is 12.3 Å². The van der Waals surface area contributed by atoms with Crippen LogP contribution in [0.3, 0.4) is 0 Å². The molecule has 0 radical (unpaired) electrons. The maximum Gasteiger partial charge on any atom is 0.108 e. The highest BCUT2D eigenvalue weighted by Crippen LogP contribution is 2.47. The zero-order chi connectivity index (χ0) is 7.84. The van der Waals surface area contributed by atoms with Crippen molar-refractivity contribution in [1.29, 1.82) is 0 Å². The third kappa shape index (κ3) is 1.35. The van der Waals surface area contributed by atoms with E-state index in [1.807, 2.05) is 6.07 Å². The summed E-state index contributed by atoms with van der Waals surface area (Å²) in [5, 5.41) is 0. The van der Waals surface area contributed by atoms with Gasteiger partial charge >= 0.3 is 0 Å². The fourth-order valence-electron chi connectivity index (χ4n) is 1.38. The van der Waals surface area contributed by atoms with E-state index in [0.29, 0.717) is 11.8 Å². The van der Waals surface area contributed by atoms with Gasteiger partial charge in [-0.15, -0.1) is 0 Å². The monoisotopic (exact) mass is 215 g/mol. The Balaban J connectivity index is 2.08. The van der Waals surface area contributed by atoms with Gasteiger partial charge in [0.1, 0.15) is 12.0 Å². The summed E-state index contributed by atoms with van der Waals surface area (Å²) in [6.07, 6.45) is 2.91. The fourth-order valence-corrected chi connectivity index (χ4v) is 1.70. The first-order valence-corrected chi connectivity index (χ1v) is 4.54. The van der Waals surface area contributed by atoms with Gasteiger partial charge in [-0.2, -0.15) is 0 Å². The third-order valence-corrected chi connectivity index (χ3v) is 2.59. The van der Waals surface area contributed by atoms with Crippen LogP contribution < -0.4 is 5.73 Å². The Kier molecular flexibility index (Phi) is 1.77. The van der Waals surface area contributed by atoms with Crippen LogP contribution >= 0.6 is 15.9 Å². The van der Waals surface area contributed by atoms with Gasteiger partial charge in [-0.05, 0) is 40.9 Å². The van der Waals surface area contributed by atoms with Crippen molar-refractivity contribution in [3.8, 4) is 0 Å². The standard InChI is InChI=1S/C8H10BrNO/c9-6-2-8(11-4-6)7-1-5(7)3-10/h2,4-5,7H,1,3,10H2/t5-,7+/m0/s1. The van der Waals surface area contributed by atoms with Gasteiger partial charge in [-0.1, -0.05) is 0 Å². The van der Waals surface area contributed by atoms with E-state index in [2.05, 4.69) is 15.9 Å². The van der Waals surface area contributed by atoms with Crippen molar-refractivity contribution >= 4 is 15.9 Å². The summed E-state index contributed by atoms with van der Waals surface area (Å²) in [7, 11) is 0. The maximum atomic E-state index is 5.51. The van der Waals surface area contributed by atoms with Crippen LogP contribution in [0.15, 0.2) is 21.2 Å². The summed E-state index contributed by atoms with van der Waals surface area (Å²) >= 11 is 3.35. The Labute approximate surface area is 73.9 Å². The van der Waals surface area contributed by atoms with E-state index in [4.69, 9.17) is 10.2 Å². The molecule has 0 spiro atoms. The second-order valence-electron chi connectivity index (χ2n) is 3.01. The first kappa shape index (κ1) is 7.37. The molecule has 0 aliphatic heterocycles. The molecule has 1 aliphatic rings. The SMILES string of the molecule is NC[C@@H]1C[C@H]1c1cc(Br)co1. The molecule has 1 saturated carbocycles. The molecule has 2 rings (SSSR count). The minimum atomic E-state index is 0.589. The summed E-state index contributed by atoms with van der Waals surface area (Å²) in [4.78, 5) is 0. The molecular formula is C8H10BrNO. The fraction of sp³-hybridized carbons (Fsp3) is 0.500. The lowest BCUT2D eigenvalue weighted by atomic mass is 10.2. The molecule has 60 valence electrons. The quantitative estimate of drug-likeness (QED) is 0.822. The Hall–Kier alpha value is -0.280. The van der Waals surface area contributed by atoms with Crippen molar-refractivity contribution in [2.75, 3.05) is 6.54 Å². The van der Waals surface area contributed by atoms with E-state index in [0.717, 1.165) is 16.8 Å². The van der Waals surface area contributed by atoms with Gasteiger partial charge < -0.3 is 10.2 Å². The van der Waals surface area contributed by atoms with Crippen LogP contribution in [0.5, 0.6) is 0 Å². The van der Waals surface area contributed by atoms with Gasteiger partial charge in [0.15, 0.2) is 0 Å². The number of halogens is 1. The van der Waals surface area contributed by atoms with Crippen LogP contribution in [0.4, 0.5) is 0 Å². The Morgan fingerprint density at radius 3 is 3.00 bits per heavy atom. The Morgan fingerprint density at radius 2 is 2.55 bits per heavy atom. The highest BCUT2D eigenvalue weighted by Gasteiger charge is 2.39. The highest BCUT2D eigenvalue weighted by molar-refractivity contribution is 9.10. The van der Waals surface area contributed by atoms with Gasteiger partial charge in [0.05, 0.1) is 4.47 Å². The molecule has 1 heterocycles. The number of rotatable bonds is 2. The van der Waals surface area contributed by atoms with E-state index in [-0.39, 0.29) is 0 Å². The molecule has 0 saturated heterocycles. The molecule has 0 aromatic carbocycles. The summed E-state index contributed by atoms with van der Waals surface area (Å²) < 4.78 is 6.34. The topological polar surface area (TPSA) is 39.2 Å². The van der Waals surface area contributed by atoms with Crippen LogP contribution in [0.25, 0.3) is 0 Å². The second kappa shape index (κ2) is 2.64. The molecule has 1 aromatic rings. The molecule has 0 unspecified atom stereocenters. The lowest BCUT2D eigenvalue weighted by Crippen LogP contribution is -2.01. The van der Waals surface area contributed by atoms with Gasteiger partial charge in [-0.25, -0.2) is 0 Å². The zero-order valence-electron chi connectivity index (χ0n) is 6.09. The highest BCUT2D eigenvalue weighted by atomic mass is 79.9. The van der Waals surface area contributed by atoms with Gasteiger partial charge in [-0.3, -0.25) is 0 Å². The van der Waals surface area contributed by atoms with E-state index >= 15 is 0 Å². The van der Waals surface area contributed by atoms with E-state index in [1.165, 1.54) is 6.42 Å². The van der Waals surface area contributed by atoms with Crippen LogP contribution in [0, 0.1) is 5.92 Å². The average Bonchev–Trinajstić information content (AvgIpc) is 2.68. The molecule has 2 atom stereocenters. The number of hydrogen-bond donors (Lipinski definition) is 1. The number of hydrogen-bond acceptors (Lipinski definition) is 2. The van der Waals surface area contributed by atoms with E-state index in [9.17, 15) is 0 Å². The number of furan rings is 1.